The Hall–Kier alpha value is -1.22. The van der Waals surface area contributed by atoms with Crippen LogP contribution in [0.4, 0.5) is 0 Å². The molecule has 1 aromatic rings. The Kier molecular flexibility index (Phi) is 3.89. The van der Waals surface area contributed by atoms with E-state index < -0.39 is 0 Å². The zero-order valence-corrected chi connectivity index (χ0v) is 10.6. The quantitative estimate of drug-likeness (QED) is 0.874. The van der Waals surface area contributed by atoms with Crippen molar-refractivity contribution in [2.24, 2.45) is 5.92 Å². The lowest BCUT2D eigenvalue weighted by molar-refractivity contribution is 0.175. The van der Waals surface area contributed by atoms with Crippen molar-refractivity contribution in [3.8, 4) is 11.5 Å². The summed E-state index contributed by atoms with van der Waals surface area (Å²) in [4.78, 5) is 2.41. The SMILES string of the molecule is COc1ccc(O)c(CN2CCCC(C)C2)c1. The number of aromatic hydroxyl groups is 1. The summed E-state index contributed by atoms with van der Waals surface area (Å²) < 4.78 is 5.19. The molecule has 1 aliphatic rings. The van der Waals surface area contributed by atoms with Crippen molar-refractivity contribution in [2.75, 3.05) is 20.2 Å². The number of piperidine rings is 1. The van der Waals surface area contributed by atoms with Gasteiger partial charge in [-0.05, 0) is 43.5 Å². The van der Waals surface area contributed by atoms with Crippen LogP contribution in [0.15, 0.2) is 18.2 Å². The van der Waals surface area contributed by atoms with Crippen molar-refractivity contribution in [3.63, 3.8) is 0 Å². The highest BCUT2D eigenvalue weighted by molar-refractivity contribution is 5.39. The normalized spacial score (nSPS) is 21.4. The Morgan fingerprint density at radius 3 is 3.00 bits per heavy atom. The first-order valence-electron chi connectivity index (χ1n) is 6.27. The maximum Gasteiger partial charge on any atom is 0.120 e. The van der Waals surface area contributed by atoms with E-state index in [1.807, 2.05) is 6.07 Å². The minimum atomic E-state index is 0.365. The van der Waals surface area contributed by atoms with E-state index >= 15 is 0 Å². The van der Waals surface area contributed by atoms with Gasteiger partial charge < -0.3 is 9.84 Å². The van der Waals surface area contributed by atoms with E-state index in [-0.39, 0.29) is 0 Å². The lowest BCUT2D eigenvalue weighted by atomic mass is 9.99. The molecule has 0 saturated carbocycles. The smallest absolute Gasteiger partial charge is 0.120 e. The van der Waals surface area contributed by atoms with E-state index in [0.717, 1.165) is 36.9 Å². The molecule has 0 spiro atoms. The van der Waals surface area contributed by atoms with Gasteiger partial charge in [-0.15, -0.1) is 0 Å². The lowest BCUT2D eigenvalue weighted by Crippen LogP contribution is -2.33. The first kappa shape index (κ1) is 12.2. The van der Waals surface area contributed by atoms with Gasteiger partial charge in [-0.3, -0.25) is 4.90 Å². The van der Waals surface area contributed by atoms with Gasteiger partial charge in [0, 0.05) is 18.7 Å². The maximum absolute atomic E-state index is 9.84. The monoisotopic (exact) mass is 235 g/mol. The predicted molar refractivity (Wildman–Crippen MR) is 68.3 cm³/mol. The summed E-state index contributed by atoms with van der Waals surface area (Å²) in [5.74, 6) is 1.93. The first-order chi connectivity index (χ1) is 8.19. The van der Waals surface area contributed by atoms with E-state index in [4.69, 9.17) is 4.74 Å². The van der Waals surface area contributed by atoms with Crippen LogP contribution >= 0.6 is 0 Å². The van der Waals surface area contributed by atoms with Crippen molar-refractivity contribution < 1.29 is 9.84 Å². The van der Waals surface area contributed by atoms with E-state index in [1.54, 1.807) is 19.2 Å². The summed E-state index contributed by atoms with van der Waals surface area (Å²) in [7, 11) is 1.65. The Morgan fingerprint density at radius 2 is 2.29 bits per heavy atom. The van der Waals surface area contributed by atoms with Gasteiger partial charge in [0.05, 0.1) is 7.11 Å². The number of likely N-dealkylation sites (tertiary alicyclic amines) is 1. The summed E-state index contributed by atoms with van der Waals surface area (Å²) in [5, 5.41) is 9.84. The first-order valence-corrected chi connectivity index (χ1v) is 6.27. The highest BCUT2D eigenvalue weighted by atomic mass is 16.5. The average molecular weight is 235 g/mol. The molecule has 1 fully saturated rings. The highest BCUT2D eigenvalue weighted by Crippen LogP contribution is 2.26. The number of rotatable bonds is 3. The van der Waals surface area contributed by atoms with Crippen LogP contribution in [0.25, 0.3) is 0 Å². The van der Waals surface area contributed by atoms with Crippen LogP contribution in [-0.2, 0) is 6.54 Å². The number of ether oxygens (including phenoxy) is 1. The number of hydrogen-bond acceptors (Lipinski definition) is 3. The third-order valence-electron chi connectivity index (χ3n) is 3.42. The molecule has 0 radical (unpaired) electrons. The molecule has 0 aliphatic carbocycles. The fraction of sp³-hybridized carbons (Fsp3) is 0.571. The van der Waals surface area contributed by atoms with Gasteiger partial charge in [0.1, 0.15) is 11.5 Å². The molecule has 1 aliphatic heterocycles. The van der Waals surface area contributed by atoms with Crippen molar-refractivity contribution in [1.29, 1.82) is 0 Å². The number of benzene rings is 1. The molecule has 17 heavy (non-hydrogen) atoms. The Bertz CT molecular complexity index is 378. The number of methoxy groups -OCH3 is 1. The Labute approximate surface area is 103 Å². The summed E-state index contributed by atoms with van der Waals surface area (Å²) >= 11 is 0. The zero-order valence-electron chi connectivity index (χ0n) is 10.6. The number of nitrogens with zero attached hydrogens (tertiary/aromatic N) is 1. The minimum absolute atomic E-state index is 0.365. The van der Waals surface area contributed by atoms with Gasteiger partial charge in [0.25, 0.3) is 0 Å². The molecule has 1 atom stereocenters. The molecule has 1 aromatic carbocycles. The molecule has 1 saturated heterocycles. The van der Waals surface area contributed by atoms with Crippen LogP contribution in [0.1, 0.15) is 25.3 Å². The topological polar surface area (TPSA) is 32.7 Å². The molecular weight excluding hydrogens is 214 g/mol. The van der Waals surface area contributed by atoms with Crippen molar-refractivity contribution in [1.82, 2.24) is 4.90 Å². The predicted octanol–water partition coefficient (Wildman–Crippen LogP) is 2.63. The summed E-state index contributed by atoms with van der Waals surface area (Å²) in [6, 6.07) is 5.42. The van der Waals surface area contributed by atoms with Gasteiger partial charge in [-0.2, -0.15) is 0 Å². The number of phenols is 1. The standard InChI is InChI=1S/C14H21NO2/c1-11-4-3-7-15(9-11)10-12-8-13(17-2)5-6-14(12)16/h5-6,8,11,16H,3-4,7,9-10H2,1-2H3. The molecular formula is C14H21NO2. The Balaban J connectivity index is 2.06. The second-order valence-electron chi connectivity index (χ2n) is 4.98. The molecule has 0 bridgehead atoms. The fourth-order valence-corrected chi connectivity index (χ4v) is 2.49. The largest absolute Gasteiger partial charge is 0.508 e. The summed E-state index contributed by atoms with van der Waals surface area (Å²) in [6.45, 7) is 5.35. The molecule has 3 nitrogen and oxygen atoms in total. The zero-order chi connectivity index (χ0) is 12.3. The van der Waals surface area contributed by atoms with E-state index in [0.29, 0.717) is 5.75 Å². The van der Waals surface area contributed by atoms with Crippen LogP contribution < -0.4 is 4.74 Å². The van der Waals surface area contributed by atoms with E-state index in [2.05, 4.69) is 11.8 Å². The van der Waals surface area contributed by atoms with Crippen molar-refractivity contribution >= 4 is 0 Å². The molecule has 0 aromatic heterocycles. The average Bonchev–Trinajstić information content (AvgIpc) is 2.32. The summed E-state index contributed by atoms with van der Waals surface area (Å²) in [5.41, 5.74) is 0.957. The number of hydrogen-bond donors (Lipinski definition) is 1. The maximum atomic E-state index is 9.84. The van der Waals surface area contributed by atoms with E-state index in [9.17, 15) is 5.11 Å². The molecule has 1 heterocycles. The van der Waals surface area contributed by atoms with Crippen LogP contribution in [0.3, 0.4) is 0 Å². The molecule has 0 amide bonds. The van der Waals surface area contributed by atoms with Gasteiger partial charge in [-0.1, -0.05) is 6.92 Å². The third kappa shape index (κ3) is 3.13. The second-order valence-corrected chi connectivity index (χ2v) is 4.98. The number of phenolic OH excluding ortho intramolecular Hbond substituents is 1. The van der Waals surface area contributed by atoms with Gasteiger partial charge in [-0.25, -0.2) is 0 Å². The van der Waals surface area contributed by atoms with Gasteiger partial charge >= 0.3 is 0 Å². The summed E-state index contributed by atoms with van der Waals surface area (Å²) in [6.07, 6.45) is 2.58. The third-order valence-corrected chi connectivity index (χ3v) is 3.42. The van der Waals surface area contributed by atoms with E-state index in [1.165, 1.54) is 12.8 Å². The molecule has 2 rings (SSSR count). The second kappa shape index (κ2) is 5.41. The van der Waals surface area contributed by atoms with Crippen LogP contribution in [0, 0.1) is 5.92 Å². The fourth-order valence-electron chi connectivity index (χ4n) is 2.49. The van der Waals surface area contributed by atoms with Gasteiger partial charge in [0.2, 0.25) is 0 Å². The molecule has 1 unspecified atom stereocenters. The minimum Gasteiger partial charge on any atom is -0.508 e. The van der Waals surface area contributed by atoms with Crippen molar-refractivity contribution in [2.45, 2.75) is 26.3 Å². The lowest BCUT2D eigenvalue weighted by Gasteiger charge is -2.31. The molecule has 94 valence electrons. The van der Waals surface area contributed by atoms with Crippen LogP contribution in [-0.4, -0.2) is 30.2 Å². The van der Waals surface area contributed by atoms with Crippen LogP contribution in [0.5, 0.6) is 11.5 Å². The molecule has 1 N–H and O–H groups in total. The van der Waals surface area contributed by atoms with Crippen LogP contribution in [0.2, 0.25) is 0 Å². The van der Waals surface area contributed by atoms with Crippen molar-refractivity contribution in [3.05, 3.63) is 23.8 Å². The Morgan fingerprint density at radius 1 is 1.47 bits per heavy atom. The molecule has 3 heteroatoms. The van der Waals surface area contributed by atoms with Gasteiger partial charge in [0.15, 0.2) is 0 Å². The highest BCUT2D eigenvalue weighted by Gasteiger charge is 2.17.